The molecule has 0 fully saturated rings. The topological polar surface area (TPSA) is 0 Å². The molecule has 1 heteroatoms. The second-order valence-electron chi connectivity index (χ2n) is 17.4. The summed E-state index contributed by atoms with van der Waals surface area (Å²) in [5.41, 5.74) is 20.4. The predicted octanol–water partition coefficient (Wildman–Crippen LogP) is 13.3. The summed E-state index contributed by atoms with van der Waals surface area (Å²) in [7, 11) is 0. The summed E-state index contributed by atoms with van der Waals surface area (Å²) in [5.74, 6) is 0.732. The maximum Gasteiger partial charge on any atom is 0.123 e. The summed E-state index contributed by atoms with van der Waals surface area (Å²) in [5, 5.41) is 0. The summed E-state index contributed by atoms with van der Waals surface area (Å²) in [6, 6.07) is 32.5. The Bertz CT molecular complexity index is 2460. The van der Waals surface area contributed by atoms with Gasteiger partial charge in [0, 0.05) is 22.7 Å². The van der Waals surface area contributed by atoms with Crippen LogP contribution in [0.25, 0.3) is 39.0 Å². The summed E-state index contributed by atoms with van der Waals surface area (Å²) in [6.07, 6.45) is 17.4. The Labute approximate surface area is 308 Å². The van der Waals surface area contributed by atoms with Gasteiger partial charge in [0.05, 0.1) is 0 Å². The van der Waals surface area contributed by atoms with E-state index in [0.717, 1.165) is 12.0 Å². The van der Waals surface area contributed by atoms with Crippen LogP contribution in [0.1, 0.15) is 104 Å². The first-order valence-electron chi connectivity index (χ1n) is 19.1. The first-order valence-corrected chi connectivity index (χ1v) is 19.1. The molecule has 0 saturated carbocycles. The standard InChI is InChI=1S/C51H45F/c1-49(2)41-28-34(31-15-11-8-12-16-31)20-25-38(41)44-46(49)43-37-24-19-33(30-13-9-7-10-14-30)27-40(37)50(3,4)47(43)45-39-26-21-35(32-17-22-36(52)23-18-32)29-42(39)51(5,6)48(44)45/h7-15,17-29,31,39,42H,16H2,1-6H3. The molecule has 0 nitrogen and oxygen atoms in total. The van der Waals surface area contributed by atoms with Crippen LogP contribution >= 0.6 is 0 Å². The molecular formula is C51H45F. The van der Waals surface area contributed by atoms with E-state index in [1.54, 1.807) is 12.1 Å². The minimum Gasteiger partial charge on any atom is -0.207 e. The van der Waals surface area contributed by atoms with Crippen molar-refractivity contribution in [3.05, 3.63) is 184 Å². The quantitative estimate of drug-likeness (QED) is 0.178. The van der Waals surface area contributed by atoms with Crippen molar-refractivity contribution in [2.75, 3.05) is 0 Å². The number of benzene rings is 5. The molecule has 0 heterocycles. The first kappa shape index (κ1) is 31.7. The fraction of sp³-hybridized carbons (Fsp3) is 0.255. The maximum absolute atomic E-state index is 14.0. The van der Waals surface area contributed by atoms with Crippen LogP contribution in [0.15, 0.2) is 134 Å². The summed E-state index contributed by atoms with van der Waals surface area (Å²) in [6.45, 7) is 14.9. The van der Waals surface area contributed by atoms with Crippen molar-refractivity contribution < 1.29 is 4.39 Å². The molecule has 0 radical (unpaired) electrons. The van der Waals surface area contributed by atoms with Crippen LogP contribution in [0.5, 0.6) is 0 Å². The lowest BCUT2D eigenvalue weighted by Crippen LogP contribution is -2.26. The zero-order valence-electron chi connectivity index (χ0n) is 31.0. The molecule has 10 rings (SSSR count). The van der Waals surface area contributed by atoms with Crippen LogP contribution in [-0.2, 0) is 16.2 Å². The summed E-state index contributed by atoms with van der Waals surface area (Å²) >= 11 is 0. The fourth-order valence-electron chi connectivity index (χ4n) is 10.9. The van der Waals surface area contributed by atoms with E-state index in [9.17, 15) is 4.39 Å². The van der Waals surface area contributed by atoms with E-state index in [0.29, 0.717) is 5.92 Å². The van der Waals surface area contributed by atoms with Crippen LogP contribution < -0.4 is 0 Å². The molecule has 0 aliphatic heterocycles. The lowest BCUT2D eigenvalue weighted by Gasteiger charge is -2.32. The third-order valence-corrected chi connectivity index (χ3v) is 13.5. The Morgan fingerprint density at radius 2 is 1.29 bits per heavy atom. The Morgan fingerprint density at radius 3 is 2.02 bits per heavy atom. The largest absolute Gasteiger partial charge is 0.207 e. The van der Waals surface area contributed by atoms with E-state index >= 15 is 0 Å². The van der Waals surface area contributed by atoms with Gasteiger partial charge >= 0.3 is 0 Å². The molecule has 3 unspecified atom stereocenters. The first-order chi connectivity index (χ1) is 25.0. The number of hydrogen-bond donors (Lipinski definition) is 0. The number of halogens is 1. The van der Waals surface area contributed by atoms with Gasteiger partial charge in [-0.2, -0.15) is 0 Å². The molecule has 5 aliphatic rings. The number of fused-ring (bicyclic) bond motifs is 12. The third-order valence-electron chi connectivity index (χ3n) is 13.5. The summed E-state index contributed by atoms with van der Waals surface area (Å²) in [4.78, 5) is 0. The zero-order valence-corrected chi connectivity index (χ0v) is 31.0. The maximum atomic E-state index is 14.0. The fourth-order valence-corrected chi connectivity index (χ4v) is 10.9. The molecule has 5 aromatic carbocycles. The van der Waals surface area contributed by atoms with Crippen LogP contribution in [-0.4, -0.2) is 0 Å². The SMILES string of the molecule is CC1(C)c2cc(C3C=CC=CC3)ccc2-c2c1c1c(c3c2C(C)(C)C2C=C(c4ccc(F)cc4)C=CC32)C(C)(C)c2cc(-c3ccccc3)ccc2-1. The van der Waals surface area contributed by atoms with Gasteiger partial charge in [0.1, 0.15) is 5.82 Å². The van der Waals surface area contributed by atoms with Gasteiger partial charge in [-0.25, -0.2) is 4.39 Å². The molecule has 3 atom stereocenters. The van der Waals surface area contributed by atoms with E-state index in [1.807, 2.05) is 12.1 Å². The van der Waals surface area contributed by atoms with E-state index in [2.05, 4.69) is 151 Å². The van der Waals surface area contributed by atoms with Crippen LogP contribution in [0.3, 0.4) is 0 Å². The van der Waals surface area contributed by atoms with Gasteiger partial charge in [-0.3, -0.25) is 0 Å². The van der Waals surface area contributed by atoms with Crippen molar-refractivity contribution in [3.63, 3.8) is 0 Å². The highest BCUT2D eigenvalue weighted by Gasteiger charge is 2.56. The molecule has 52 heavy (non-hydrogen) atoms. The average Bonchev–Trinajstić information content (AvgIpc) is 3.64. The Balaban J connectivity index is 1.26. The van der Waals surface area contributed by atoms with Crippen LogP contribution in [0.4, 0.5) is 4.39 Å². The van der Waals surface area contributed by atoms with Crippen molar-refractivity contribution in [2.45, 2.75) is 76.0 Å². The molecule has 0 saturated heterocycles. The molecule has 0 bridgehead atoms. The average molecular weight is 677 g/mol. The lowest BCUT2D eigenvalue weighted by molar-refractivity contribution is 0.395. The van der Waals surface area contributed by atoms with Crippen molar-refractivity contribution in [2.24, 2.45) is 5.92 Å². The monoisotopic (exact) mass is 676 g/mol. The van der Waals surface area contributed by atoms with Gasteiger partial charge in [0.2, 0.25) is 0 Å². The minimum atomic E-state index is -0.195. The highest BCUT2D eigenvalue weighted by Crippen LogP contribution is 2.68. The van der Waals surface area contributed by atoms with Crippen molar-refractivity contribution in [3.8, 4) is 33.4 Å². The van der Waals surface area contributed by atoms with Crippen LogP contribution in [0, 0.1) is 11.7 Å². The highest BCUT2D eigenvalue weighted by atomic mass is 19.1. The van der Waals surface area contributed by atoms with Gasteiger partial charge < -0.3 is 0 Å². The minimum absolute atomic E-state index is 0.136. The Kier molecular flexibility index (Phi) is 6.56. The third kappa shape index (κ3) is 4.20. The van der Waals surface area contributed by atoms with E-state index < -0.39 is 0 Å². The smallest absolute Gasteiger partial charge is 0.123 e. The van der Waals surface area contributed by atoms with Crippen molar-refractivity contribution in [1.29, 1.82) is 0 Å². The van der Waals surface area contributed by atoms with Gasteiger partial charge in [-0.05, 0) is 119 Å². The summed E-state index contributed by atoms with van der Waals surface area (Å²) < 4.78 is 14.0. The highest BCUT2D eigenvalue weighted by molar-refractivity contribution is 5.99. The van der Waals surface area contributed by atoms with Gasteiger partial charge in [-0.1, -0.05) is 157 Å². The normalized spacial score (nSPS) is 23.0. The molecule has 5 aliphatic carbocycles. The number of hydrogen-bond acceptors (Lipinski definition) is 0. The molecule has 5 aromatic rings. The predicted molar refractivity (Wildman–Crippen MR) is 215 cm³/mol. The molecule has 0 amide bonds. The molecule has 0 spiro atoms. The van der Waals surface area contributed by atoms with E-state index in [-0.39, 0.29) is 33.9 Å². The van der Waals surface area contributed by atoms with Gasteiger partial charge in [0.15, 0.2) is 0 Å². The van der Waals surface area contributed by atoms with Gasteiger partial charge in [0.25, 0.3) is 0 Å². The second-order valence-corrected chi connectivity index (χ2v) is 17.4. The van der Waals surface area contributed by atoms with Crippen molar-refractivity contribution >= 4 is 5.57 Å². The van der Waals surface area contributed by atoms with Gasteiger partial charge in [-0.15, -0.1) is 0 Å². The number of rotatable bonds is 3. The van der Waals surface area contributed by atoms with Crippen LogP contribution in [0.2, 0.25) is 0 Å². The van der Waals surface area contributed by atoms with E-state index in [4.69, 9.17) is 0 Å². The second kappa shape index (κ2) is 10.8. The Hall–Kier alpha value is -5.01. The van der Waals surface area contributed by atoms with E-state index in [1.165, 1.54) is 77.9 Å². The number of allylic oxidation sites excluding steroid dienone is 8. The zero-order chi connectivity index (χ0) is 35.7. The molecule has 0 aromatic heterocycles. The molecule has 0 N–H and O–H groups in total. The molecule has 256 valence electrons. The lowest BCUT2D eigenvalue weighted by atomic mass is 9.71. The molecular weight excluding hydrogens is 632 g/mol. The Morgan fingerprint density at radius 1 is 0.615 bits per heavy atom. The van der Waals surface area contributed by atoms with Crippen molar-refractivity contribution in [1.82, 2.24) is 0 Å².